The van der Waals surface area contributed by atoms with Crippen LogP contribution in [-0.4, -0.2) is 78.1 Å². The van der Waals surface area contributed by atoms with Gasteiger partial charge in [0.15, 0.2) is 0 Å². The molecule has 7 atom stereocenters. The van der Waals surface area contributed by atoms with E-state index in [1.807, 2.05) is 0 Å². The summed E-state index contributed by atoms with van der Waals surface area (Å²) in [5.41, 5.74) is 0. The first kappa shape index (κ1) is 27.2. The molecule has 11 heteroatoms. The van der Waals surface area contributed by atoms with Crippen molar-refractivity contribution >= 4 is 35.0 Å². The maximum atomic E-state index is 12.7. The molecule has 0 aromatic heterocycles. The van der Waals surface area contributed by atoms with Crippen LogP contribution in [0.3, 0.4) is 0 Å². The molecule has 1 aliphatic heterocycles. The van der Waals surface area contributed by atoms with E-state index in [1.54, 1.807) is 0 Å². The zero-order valence-corrected chi connectivity index (χ0v) is 19.5. The standard InChI is InChI=1S/C21H33Cl2F2N3O4/c1-2-13(28-21(31)18-6-3-12(9-26-18)20(24)25)7-14(29)10-27-19(30)11-32-15-4-5-16(22)17(23)8-15/h2,12-18,20,26,29H,1,3-11H2,(H,27,30)(H,28,31). The number of alkyl halides is 4. The second kappa shape index (κ2) is 13.6. The Bertz CT molecular complexity index is 624. The number of ether oxygens (including phenoxy) is 1. The first-order valence-corrected chi connectivity index (χ1v) is 11.9. The number of hydrogen-bond acceptors (Lipinski definition) is 5. The Morgan fingerprint density at radius 2 is 1.97 bits per heavy atom. The van der Waals surface area contributed by atoms with Crippen molar-refractivity contribution in [2.24, 2.45) is 5.92 Å². The Labute approximate surface area is 197 Å². The number of aliphatic hydroxyl groups is 1. The molecule has 0 radical (unpaired) electrons. The lowest BCUT2D eigenvalue weighted by Crippen LogP contribution is -2.52. The van der Waals surface area contributed by atoms with E-state index in [4.69, 9.17) is 27.9 Å². The van der Waals surface area contributed by atoms with E-state index in [0.717, 1.165) is 12.8 Å². The Kier molecular flexibility index (Phi) is 11.6. The minimum Gasteiger partial charge on any atom is -0.391 e. The van der Waals surface area contributed by atoms with Gasteiger partial charge in [0.2, 0.25) is 18.2 Å². The van der Waals surface area contributed by atoms with Crippen LogP contribution >= 0.6 is 23.2 Å². The fourth-order valence-electron chi connectivity index (χ4n) is 3.86. The van der Waals surface area contributed by atoms with Gasteiger partial charge in [-0.1, -0.05) is 6.08 Å². The highest BCUT2D eigenvalue weighted by Crippen LogP contribution is 2.29. The minimum absolute atomic E-state index is 0.00724. The molecule has 7 nitrogen and oxygen atoms in total. The molecule has 1 heterocycles. The molecule has 1 aliphatic carbocycles. The highest BCUT2D eigenvalue weighted by atomic mass is 35.5. The van der Waals surface area contributed by atoms with Crippen molar-refractivity contribution < 1.29 is 28.2 Å². The summed E-state index contributed by atoms with van der Waals surface area (Å²) in [4.78, 5) is 24.4. The number of nitrogens with one attached hydrogen (secondary N) is 3. The Morgan fingerprint density at radius 3 is 2.56 bits per heavy atom. The number of rotatable bonds is 11. The first-order chi connectivity index (χ1) is 15.2. The van der Waals surface area contributed by atoms with Crippen LogP contribution in [0.25, 0.3) is 0 Å². The summed E-state index contributed by atoms with van der Waals surface area (Å²) in [7, 11) is 0. The van der Waals surface area contributed by atoms with Gasteiger partial charge in [-0.2, -0.15) is 0 Å². The molecule has 0 spiro atoms. The summed E-state index contributed by atoms with van der Waals surface area (Å²) >= 11 is 12.2. The third-order valence-corrected chi connectivity index (χ3v) is 7.03. The van der Waals surface area contributed by atoms with E-state index in [0.29, 0.717) is 12.8 Å². The summed E-state index contributed by atoms with van der Waals surface area (Å²) in [6.07, 6.45) is 0.870. The number of aliphatic hydroxyl groups excluding tert-OH is 1. The molecule has 2 amide bonds. The van der Waals surface area contributed by atoms with Crippen molar-refractivity contribution in [3.63, 3.8) is 0 Å². The monoisotopic (exact) mass is 499 g/mol. The quantitative estimate of drug-likeness (QED) is 0.257. The topological polar surface area (TPSA) is 99.7 Å². The summed E-state index contributed by atoms with van der Waals surface area (Å²) in [6.45, 7) is 3.61. The second-order valence-corrected chi connectivity index (χ2v) is 9.58. The molecule has 2 rings (SSSR count). The van der Waals surface area contributed by atoms with Gasteiger partial charge >= 0.3 is 0 Å². The molecule has 0 bridgehead atoms. The Morgan fingerprint density at radius 1 is 1.22 bits per heavy atom. The van der Waals surface area contributed by atoms with Crippen molar-refractivity contribution in [1.82, 2.24) is 16.0 Å². The van der Waals surface area contributed by atoms with Gasteiger partial charge in [0.25, 0.3) is 0 Å². The smallest absolute Gasteiger partial charge is 0.246 e. The predicted molar refractivity (Wildman–Crippen MR) is 119 cm³/mol. The molecule has 1 saturated heterocycles. The minimum atomic E-state index is -2.40. The molecule has 1 saturated carbocycles. The fraction of sp³-hybridized carbons (Fsp3) is 0.810. The molecule has 32 heavy (non-hydrogen) atoms. The SMILES string of the molecule is C=CC(CC(O)CNC(=O)COC1CCC(Cl)C(Cl)C1)NC(=O)C1CCC(C(F)F)CN1. The van der Waals surface area contributed by atoms with E-state index in [1.165, 1.54) is 6.08 Å². The van der Waals surface area contributed by atoms with Gasteiger partial charge < -0.3 is 25.8 Å². The fourth-order valence-corrected chi connectivity index (χ4v) is 4.41. The van der Waals surface area contributed by atoms with Crippen LogP contribution in [0.5, 0.6) is 0 Å². The van der Waals surface area contributed by atoms with Gasteiger partial charge in [-0.25, -0.2) is 8.78 Å². The van der Waals surface area contributed by atoms with Gasteiger partial charge in [-0.15, -0.1) is 29.8 Å². The van der Waals surface area contributed by atoms with Crippen LogP contribution in [0.15, 0.2) is 12.7 Å². The number of carbonyl (C=O) groups excluding carboxylic acids is 2. The predicted octanol–water partition coefficient (Wildman–Crippen LogP) is 1.94. The van der Waals surface area contributed by atoms with Crippen LogP contribution < -0.4 is 16.0 Å². The number of halogens is 4. The average Bonchev–Trinajstić information content (AvgIpc) is 2.77. The molecule has 184 valence electrons. The highest BCUT2D eigenvalue weighted by Gasteiger charge is 2.31. The molecular formula is C21H33Cl2F2N3O4. The molecule has 4 N–H and O–H groups in total. The van der Waals surface area contributed by atoms with Crippen molar-refractivity contribution in [2.45, 2.75) is 80.0 Å². The third kappa shape index (κ3) is 9.09. The first-order valence-electron chi connectivity index (χ1n) is 11.0. The van der Waals surface area contributed by atoms with Crippen molar-refractivity contribution in [3.05, 3.63) is 12.7 Å². The second-order valence-electron chi connectivity index (χ2n) is 8.46. The van der Waals surface area contributed by atoms with Crippen LogP contribution in [0.4, 0.5) is 8.78 Å². The van der Waals surface area contributed by atoms with Crippen molar-refractivity contribution in [1.29, 1.82) is 0 Å². The van der Waals surface area contributed by atoms with Crippen LogP contribution in [0.2, 0.25) is 0 Å². The average molecular weight is 500 g/mol. The molecular weight excluding hydrogens is 467 g/mol. The summed E-state index contributed by atoms with van der Waals surface area (Å²) in [6, 6.07) is -1.07. The van der Waals surface area contributed by atoms with E-state index in [9.17, 15) is 23.5 Å². The zero-order valence-electron chi connectivity index (χ0n) is 18.0. The lowest BCUT2D eigenvalue weighted by atomic mass is 9.94. The summed E-state index contributed by atoms with van der Waals surface area (Å²) in [5.74, 6) is -1.42. The lowest BCUT2D eigenvalue weighted by molar-refractivity contribution is -0.129. The van der Waals surface area contributed by atoms with Gasteiger partial charge in [0.05, 0.1) is 29.0 Å². The van der Waals surface area contributed by atoms with Crippen LogP contribution in [0, 0.1) is 5.92 Å². The molecule has 0 aromatic rings. The maximum Gasteiger partial charge on any atom is 0.246 e. The van der Waals surface area contributed by atoms with Gasteiger partial charge in [-0.3, -0.25) is 9.59 Å². The van der Waals surface area contributed by atoms with Gasteiger partial charge in [0, 0.05) is 25.0 Å². The van der Waals surface area contributed by atoms with E-state index >= 15 is 0 Å². The summed E-state index contributed by atoms with van der Waals surface area (Å²) < 4.78 is 31.0. The molecule has 7 unspecified atom stereocenters. The zero-order chi connectivity index (χ0) is 23.7. The summed E-state index contributed by atoms with van der Waals surface area (Å²) in [5, 5.41) is 18.1. The number of piperidine rings is 1. The number of hydrogen-bond donors (Lipinski definition) is 4. The normalized spacial score (nSPS) is 30.4. The van der Waals surface area contributed by atoms with E-state index in [-0.39, 0.29) is 61.2 Å². The molecule has 0 aromatic carbocycles. The van der Waals surface area contributed by atoms with Crippen LogP contribution in [-0.2, 0) is 14.3 Å². The highest BCUT2D eigenvalue weighted by molar-refractivity contribution is 6.30. The van der Waals surface area contributed by atoms with E-state index < -0.39 is 30.5 Å². The third-order valence-electron chi connectivity index (χ3n) is 5.89. The van der Waals surface area contributed by atoms with E-state index in [2.05, 4.69) is 22.5 Å². The van der Waals surface area contributed by atoms with Crippen molar-refractivity contribution in [2.75, 3.05) is 19.7 Å². The largest absolute Gasteiger partial charge is 0.391 e. The van der Waals surface area contributed by atoms with Gasteiger partial charge in [0.1, 0.15) is 6.61 Å². The van der Waals surface area contributed by atoms with Gasteiger partial charge in [-0.05, 0) is 38.5 Å². The molecule has 2 fully saturated rings. The maximum absolute atomic E-state index is 12.7. The molecule has 2 aliphatic rings. The van der Waals surface area contributed by atoms with Crippen molar-refractivity contribution in [3.8, 4) is 0 Å². The lowest BCUT2D eigenvalue weighted by Gasteiger charge is -2.30. The number of carbonyl (C=O) groups is 2. The Balaban J connectivity index is 1.64. The number of amides is 2. The van der Waals surface area contributed by atoms with Crippen LogP contribution in [0.1, 0.15) is 38.5 Å². The Hall–Kier alpha value is -1.00.